The zero-order valence-electron chi connectivity index (χ0n) is 9.81. The smallest absolute Gasteiger partial charge is 0.418 e. The van der Waals surface area contributed by atoms with Crippen LogP contribution in [0.25, 0.3) is 0 Å². The molecular formula is C11H13BF4N2. The first-order chi connectivity index (χ1) is 8.29. The molecule has 0 aliphatic carbocycles. The molecule has 1 aliphatic rings. The first kappa shape index (κ1) is 14.4. The maximum absolute atomic E-state index is 9.75. The van der Waals surface area contributed by atoms with Gasteiger partial charge < -0.3 is 17.3 Å². The van der Waals surface area contributed by atoms with Crippen LogP contribution in [0.5, 0.6) is 0 Å². The monoisotopic (exact) mass is 260 g/mol. The van der Waals surface area contributed by atoms with Crippen molar-refractivity contribution in [2.24, 2.45) is 4.99 Å². The van der Waals surface area contributed by atoms with E-state index in [2.05, 4.69) is 42.5 Å². The molecule has 1 atom stereocenters. The van der Waals surface area contributed by atoms with Gasteiger partial charge in [-0.3, -0.25) is 4.48 Å². The SMILES string of the molecule is C[N+]1(Cc2ccccc2)C=CN=C1.F[B-](F)(F)F. The van der Waals surface area contributed by atoms with Gasteiger partial charge in [-0.2, -0.15) is 0 Å². The van der Waals surface area contributed by atoms with Crippen molar-refractivity contribution in [1.29, 1.82) is 0 Å². The van der Waals surface area contributed by atoms with Crippen LogP contribution in [0, 0.1) is 0 Å². The lowest BCUT2D eigenvalue weighted by Gasteiger charge is -2.21. The summed E-state index contributed by atoms with van der Waals surface area (Å²) in [5.74, 6) is 0. The summed E-state index contributed by atoms with van der Waals surface area (Å²) in [6.45, 7) is 0.973. The third-order valence-corrected chi connectivity index (χ3v) is 2.19. The highest BCUT2D eigenvalue weighted by atomic mass is 19.5. The van der Waals surface area contributed by atoms with Gasteiger partial charge in [-0.25, -0.2) is 4.99 Å². The number of hydrogen-bond donors (Lipinski definition) is 0. The van der Waals surface area contributed by atoms with Crippen molar-refractivity contribution in [1.82, 2.24) is 0 Å². The number of aliphatic imine (C=N–C) groups is 1. The van der Waals surface area contributed by atoms with Crippen LogP contribution in [0.15, 0.2) is 47.7 Å². The Morgan fingerprint density at radius 3 is 2.11 bits per heavy atom. The average Bonchev–Trinajstić information content (AvgIpc) is 2.64. The highest BCUT2D eigenvalue weighted by Gasteiger charge is 2.20. The Morgan fingerprint density at radius 2 is 1.67 bits per heavy atom. The van der Waals surface area contributed by atoms with Crippen molar-refractivity contribution >= 4 is 13.6 Å². The normalized spacial score (nSPS) is 21.6. The first-order valence-electron chi connectivity index (χ1n) is 5.27. The molecule has 0 aromatic heterocycles. The summed E-state index contributed by atoms with van der Waals surface area (Å²) in [6, 6.07) is 10.5. The maximum Gasteiger partial charge on any atom is 0.673 e. The van der Waals surface area contributed by atoms with E-state index in [-0.39, 0.29) is 0 Å². The Morgan fingerprint density at radius 1 is 1.11 bits per heavy atom. The van der Waals surface area contributed by atoms with Crippen LogP contribution in [0.3, 0.4) is 0 Å². The average molecular weight is 260 g/mol. The first-order valence-corrected chi connectivity index (χ1v) is 5.27. The van der Waals surface area contributed by atoms with Gasteiger partial charge in [0.1, 0.15) is 12.7 Å². The van der Waals surface area contributed by atoms with Gasteiger partial charge >= 0.3 is 7.25 Å². The van der Waals surface area contributed by atoms with E-state index in [1.807, 2.05) is 18.6 Å². The summed E-state index contributed by atoms with van der Waals surface area (Å²) >= 11 is 0. The second-order valence-corrected chi connectivity index (χ2v) is 4.05. The van der Waals surface area contributed by atoms with Crippen molar-refractivity contribution in [3.05, 3.63) is 48.3 Å². The highest BCUT2D eigenvalue weighted by Crippen LogP contribution is 2.13. The molecule has 0 radical (unpaired) electrons. The Hall–Kier alpha value is -1.63. The summed E-state index contributed by atoms with van der Waals surface area (Å²) in [4.78, 5) is 4.10. The highest BCUT2D eigenvalue weighted by molar-refractivity contribution is 6.50. The summed E-state index contributed by atoms with van der Waals surface area (Å²) in [7, 11) is -3.86. The van der Waals surface area contributed by atoms with E-state index >= 15 is 0 Å². The third-order valence-electron chi connectivity index (χ3n) is 2.19. The lowest BCUT2D eigenvalue weighted by Crippen LogP contribution is -2.33. The van der Waals surface area contributed by atoms with E-state index in [1.165, 1.54) is 5.56 Å². The van der Waals surface area contributed by atoms with E-state index in [0.717, 1.165) is 11.0 Å². The molecule has 1 unspecified atom stereocenters. The molecule has 98 valence electrons. The second kappa shape index (κ2) is 5.81. The van der Waals surface area contributed by atoms with Crippen molar-refractivity contribution in [3.8, 4) is 0 Å². The fraction of sp³-hybridized carbons (Fsp3) is 0.182. The minimum absolute atomic E-state index is 0.768. The lowest BCUT2D eigenvalue weighted by atomic mass is 10.2. The maximum atomic E-state index is 9.75. The molecule has 0 spiro atoms. The molecule has 1 heterocycles. The predicted octanol–water partition coefficient (Wildman–Crippen LogP) is 3.45. The summed E-state index contributed by atoms with van der Waals surface area (Å²) in [5.41, 5.74) is 1.34. The van der Waals surface area contributed by atoms with Crippen LogP contribution in [0.2, 0.25) is 0 Å². The van der Waals surface area contributed by atoms with Crippen molar-refractivity contribution in [2.75, 3.05) is 7.05 Å². The van der Waals surface area contributed by atoms with E-state index in [1.54, 1.807) is 0 Å². The zero-order valence-corrected chi connectivity index (χ0v) is 9.81. The van der Waals surface area contributed by atoms with Crippen molar-refractivity contribution < 1.29 is 21.7 Å². The van der Waals surface area contributed by atoms with Gasteiger partial charge in [0.05, 0.1) is 13.2 Å². The largest absolute Gasteiger partial charge is 0.673 e. The van der Waals surface area contributed by atoms with Gasteiger partial charge in [-0.05, 0) is 0 Å². The molecule has 1 aromatic carbocycles. The standard InChI is InChI=1S/C11H13N2.BF4/c1-13(8-7-12-10-13)9-11-5-3-2-4-6-11;2-1(3,4)5/h2-8,10H,9H2,1H3;/q+1;-1. The minimum atomic E-state index is -6.00. The van der Waals surface area contributed by atoms with Crippen LogP contribution in [-0.4, -0.2) is 25.1 Å². The minimum Gasteiger partial charge on any atom is -0.418 e. The van der Waals surface area contributed by atoms with Gasteiger partial charge in [-0.1, -0.05) is 30.3 Å². The molecule has 0 saturated heterocycles. The Balaban J connectivity index is 0.000000280. The van der Waals surface area contributed by atoms with Crippen LogP contribution in [0.4, 0.5) is 17.3 Å². The third kappa shape index (κ3) is 6.19. The second-order valence-electron chi connectivity index (χ2n) is 4.05. The molecule has 2 rings (SSSR count). The summed E-state index contributed by atoms with van der Waals surface area (Å²) < 4.78 is 39.8. The van der Waals surface area contributed by atoms with Gasteiger partial charge in [0.25, 0.3) is 0 Å². The number of nitrogens with zero attached hydrogens (tertiary/aromatic N) is 2. The number of halogens is 4. The Labute approximate surface area is 103 Å². The van der Waals surface area contributed by atoms with Crippen molar-refractivity contribution in [2.45, 2.75) is 6.54 Å². The van der Waals surface area contributed by atoms with Gasteiger partial charge in [0, 0.05) is 5.56 Å². The molecule has 0 N–H and O–H groups in total. The van der Waals surface area contributed by atoms with Crippen LogP contribution in [0.1, 0.15) is 5.56 Å². The summed E-state index contributed by atoms with van der Waals surface area (Å²) in [6.07, 6.45) is 5.89. The molecule has 0 bridgehead atoms. The molecule has 18 heavy (non-hydrogen) atoms. The predicted molar refractivity (Wildman–Crippen MR) is 64.1 cm³/mol. The summed E-state index contributed by atoms with van der Waals surface area (Å²) in [5, 5.41) is 0. The molecule has 2 nitrogen and oxygen atoms in total. The zero-order chi connectivity index (χ0) is 13.6. The fourth-order valence-corrected chi connectivity index (χ4v) is 1.49. The van der Waals surface area contributed by atoms with E-state index in [4.69, 9.17) is 0 Å². The molecule has 7 heteroatoms. The van der Waals surface area contributed by atoms with Gasteiger partial charge in [0.15, 0.2) is 6.34 Å². The molecule has 0 fully saturated rings. The topological polar surface area (TPSA) is 12.4 Å². The van der Waals surface area contributed by atoms with Crippen LogP contribution < -0.4 is 0 Å². The van der Waals surface area contributed by atoms with Crippen molar-refractivity contribution in [3.63, 3.8) is 0 Å². The number of rotatable bonds is 2. The quantitative estimate of drug-likeness (QED) is 0.438. The number of quaternary nitrogens is 1. The van der Waals surface area contributed by atoms with E-state index in [9.17, 15) is 17.3 Å². The van der Waals surface area contributed by atoms with E-state index < -0.39 is 7.25 Å². The Kier molecular flexibility index (Phi) is 4.66. The number of hydrogen-bond acceptors (Lipinski definition) is 1. The molecule has 1 aromatic rings. The molecular weight excluding hydrogens is 247 g/mol. The molecule has 0 amide bonds. The lowest BCUT2D eigenvalue weighted by molar-refractivity contribution is -0.771. The molecule has 0 saturated carbocycles. The van der Waals surface area contributed by atoms with Crippen LogP contribution in [-0.2, 0) is 6.54 Å². The van der Waals surface area contributed by atoms with E-state index in [0.29, 0.717) is 0 Å². The molecule has 1 aliphatic heterocycles. The number of benzene rings is 1. The van der Waals surface area contributed by atoms with Crippen LogP contribution >= 0.6 is 0 Å². The fourth-order valence-electron chi connectivity index (χ4n) is 1.49. The van der Waals surface area contributed by atoms with Gasteiger partial charge in [-0.15, -0.1) is 0 Å². The van der Waals surface area contributed by atoms with Gasteiger partial charge in [0.2, 0.25) is 0 Å². The Bertz CT molecular complexity index is 410.